The second-order valence-electron chi connectivity index (χ2n) is 12.1. The number of amides is 5. The number of rotatable bonds is 11. The van der Waals surface area contributed by atoms with Gasteiger partial charge in [0.2, 0.25) is 17.7 Å². The molecule has 3 N–H and O–H groups in total. The smallest absolute Gasteiger partial charge is 0.263 e. The molecule has 2 atom stereocenters. The third kappa shape index (κ3) is 7.22. The summed E-state index contributed by atoms with van der Waals surface area (Å²) < 4.78 is 25.4. The summed E-state index contributed by atoms with van der Waals surface area (Å²) in [5.74, 6) is -1.83. The fraction of sp³-hybridized carbons (Fsp3) is 0.286. The van der Waals surface area contributed by atoms with Crippen molar-refractivity contribution in [1.29, 1.82) is 0 Å². The molecule has 3 aliphatic heterocycles. The molecular formula is C35H30ClFN6O7S. The van der Waals surface area contributed by atoms with E-state index in [4.69, 9.17) is 21.1 Å². The predicted octanol–water partition coefficient (Wildman–Crippen LogP) is 5.25. The van der Waals surface area contributed by atoms with E-state index in [1.54, 1.807) is 30.3 Å². The lowest BCUT2D eigenvalue weighted by molar-refractivity contribution is -0.136. The van der Waals surface area contributed by atoms with Crippen molar-refractivity contribution in [3.63, 3.8) is 0 Å². The molecule has 2 unspecified atom stereocenters. The van der Waals surface area contributed by atoms with Crippen molar-refractivity contribution >= 4 is 81.0 Å². The maximum atomic E-state index is 13.8. The van der Waals surface area contributed by atoms with Crippen LogP contribution in [0.2, 0.25) is 5.02 Å². The minimum absolute atomic E-state index is 0.0342. The van der Waals surface area contributed by atoms with E-state index in [2.05, 4.69) is 25.9 Å². The van der Waals surface area contributed by atoms with E-state index < -0.39 is 35.5 Å². The number of benzene rings is 3. The molecule has 5 amide bonds. The number of aromatic nitrogens is 2. The summed E-state index contributed by atoms with van der Waals surface area (Å²) in [6, 6.07) is 11.5. The number of piperidine rings is 1. The first-order valence-electron chi connectivity index (χ1n) is 16.2. The van der Waals surface area contributed by atoms with Crippen molar-refractivity contribution in [3.05, 3.63) is 76.8 Å². The summed E-state index contributed by atoms with van der Waals surface area (Å²) in [4.78, 5) is 74.2. The molecule has 3 aliphatic rings. The van der Waals surface area contributed by atoms with Gasteiger partial charge in [-0.2, -0.15) is 0 Å². The molecule has 0 radical (unpaired) electrons. The highest BCUT2D eigenvalue weighted by molar-refractivity contribution is 7.99. The van der Waals surface area contributed by atoms with Crippen molar-refractivity contribution in [2.75, 3.05) is 29.6 Å². The zero-order valence-electron chi connectivity index (χ0n) is 26.9. The van der Waals surface area contributed by atoms with E-state index in [9.17, 15) is 28.4 Å². The number of fused-ring (bicyclic) bond motifs is 2. The molecule has 2 saturated heterocycles. The van der Waals surface area contributed by atoms with Crippen LogP contribution in [0.1, 0.15) is 52.8 Å². The van der Waals surface area contributed by atoms with E-state index in [1.807, 2.05) is 0 Å². The summed E-state index contributed by atoms with van der Waals surface area (Å²) in [5, 5.41) is 8.81. The van der Waals surface area contributed by atoms with Gasteiger partial charge < -0.3 is 20.1 Å². The average Bonchev–Trinajstić information content (AvgIpc) is 3.71. The molecule has 51 heavy (non-hydrogen) atoms. The number of thioether (sulfide) groups is 1. The molecule has 0 bridgehead atoms. The standard InChI is InChI=1S/C35H30ClFN6O7S/c36-22-13-18(6-7-23(22)37)40-32-21-14-25(27(15-24(21)38-17-39-32)50-19-10-11-49-16-19)41-29(44)5-2-12-51-28-4-1-3-20-31(28)35(48)43(34(20)47)26-8-9-30(45)42-33(26)46/h1,3-4,6-7,13-15,17,19,26H,2,5,8-12,16H2,(H,41,44)(H,38,39,40)(H,42,45,46). The Balaban J connectivity index is 1.04. The summed E-state index contributed by atoms with van der Waals surface area (Å²) in [6.07, 6.45) is 2.53. The molecule has 0 saturated carbocycles. The molecule has 3 aromatic carbocycles. The number of imide groups is 2. The van der Waals surface area contributed by atoms with Gasteiger partial charge in [-0.05, 0) is 55.0 Å². The number of nitrogens with one attached hydrogen (secondary N) is 3. The second kappa shape index (κ2) is 14.6. The molecule has 4 heterocycles. The minimum Gasteiger partial charge on any atom is -0.486 e. The average molecular weight is 733 g/mol. The minimum atomic E-state index is -1.05. The Morgan fingerprint density at radius 1 is 1.10 bits per heavy atom. The normalized spacial score (nSPS) is 18.6. The van der Waals surface area contributed by atoms with E-state index in [1.165, 1.54) is 36.3 Å². The molecule has 16 heteroatoms. The van der Waals surface area contributed by atoms with Gasteiger partial charge >= 0.3 is 0 Å². The van der Waals surface area contributed by atoms with Crippen molar-refractivity contribution in [3.8, 4) is 5.75 Å². The Hall–Kier alpha value is -5.12. The lowest BCUT2D eigenvalue weighted by atomic mass is 10.0. The molecule has 13 nitrogen and oxygen atoms in total. The van der Waals surface area contributed by atoms with Crippen molar-refractivity contribution < 1.29 is 37.8 Å². The number of carbonyl (C=O) groups excluding carboxylic acids is 5. The second-order valence-corrected chi connectivity index (χ2v) is 13.6. The highest BCUT2D eigenvalue weighted by Gasteiger charge is 2.45. The molecule has 4 aromatic rings. The third-order valence-corrected chi connectivity index (χ3v) is 10.0. The van der Waals surface area contributed by atoms with Crippen LogP contribution >= 0.6 is 23.4 Å². The maximum Gasteiger partial charge on any atom is 0.263 e. The predicted molar refractivity (Wildman–Crippen MR) is 186 cm³/mol. The first-order valence-corrected chi connectivity index (χ1v) is 17.5. The number of hydrogen-bond donors (Lipinski definition) is 3. The van der Waals surface area contributed by atoms with Crippen LogP contribution in [0.4, 0.5) is 21.6 Å². The fourth-order valence-electron chi connectivity index (χ4n) is 6.11. The monoisotopic (exact) mass is 732 g/mol. The Morgan fingerprint density at radius 2 is 1.96 bits per heavy atom. The van der Waals surface area contributed by atoms with E-state index in [0.29, 0.717) is 70.5 Å². The van der Waals surface area contributed by atoms with Gasteiger partial charge in [0.1, 0.15) is 35.9 Å². The molecule has 0 spiro atoms. The van der Waals surface area contributed by atoms with E-state index in [-0.39, 0.29) is 47.4 Å². The van der Waals surface area contributed by atoms with Gasteiger partial charge in [-0.15, -0.1) is 11.8 Å². The van der Waals surface area contributed by atoms with Gasteiger partial charge in [0, 0.05) is 41.3 Å². The van der Waals surface area contributed by atoms with Crippen LogP contribution in [-0.4, -0.2) is 75.5 Å². The lowest BCUT2D eigenvalue weighted by Crippen LogP contribution is -2.54. The van der Waals surface area contributed by atoms with Crippen LogP contribution in [0.5, 0.6) is 5.75 Å². The van der Waals surface area contributed by atoms with Crippen LogP contribution in [0, 0.1) is 5.82 Å². The Bertz CT molecular complexity index is 2100. The first kappa shape index (κ1) is 34.3. The van der Waals surface area contributed by atoms with Gasteiger partial charge in [-0.3, -0.25) is 34.2 Å². The zero-order chi connectivity index (χ0) is 35.6. The van der Waals surface area contributed by atoms with Crippen molar-refractivity contribution in [2.45, 2.75) is 49.1 Å². The van der Waals surface area contributed by atoms with E-state index in [0.717, 1.165) is 4.90 Å². The van der Waals surface area contributed by atoms with Crippen LogP contribution < -0.4 is 20.7 Å². The number of ether oxygens (including phenoxy) is 2. The van der Waals surface area contributed by atoms with Gasteiger partial charge in [0.05, 0.1) is 40.6 Å². The van der Waals surface area contributed by atoms with E-state index >= 15 is 0 Å². The number of nitrogens with zero attached hydrogens (tertiary/aromatic N) is 3. The number of anilines is 3. The Morgan fingerprint density at radius 3 is 2.75 bits per heavy atom. The largest absolute Gasteiger partial charge is 0.486 e. The Labute approximate surface area is 299 Å². The van der Waals surface area contributed by atoms with Gasteiger partial charge in [-0.25, -0.2) is 14.4 Å². The fourth-order valence-corrected chi connectivity index (χ4v) is 7.31. The van der Waals surface area contributed by atoms with Crippen LogP contribution in [0.25, 0.3) is 10.9 Å². The third-order valence-electron chi connectivity index (χ3n) is 8.61. The first-order chi connectivity index (χ1) is 24.7. The molecule has 7 rings (SSSR count). The van der Waals surface area contributed by atoms with Gasteiger partial charge in [0.15, 0.2) is 0 Å². The number of carbonyl (C=O) groups is 5. The maximum absolute atomic E-state index is 13.8. The zero-order valence-corrected chi connectivity index (χ0v) is 28.4. The van der Waals surface area contributed by atoms with Crippen LogP contribution in [-0.2, 0) is 19.1 Å². The van der Waals surface area contributed by atoms with Crippen molar-refractivity contribution in [1.82, 2.24) is 20.2 Å². The summed E-state index contributed by atoms with van der Waals surface area (Å²) >= 11 is 7.30. The van der Waals surface area contributed by atoms with Gasteiger partial charge in [0.25, 0.3) is 11.8 Å². The molecule has 0 aliphatic carbocycles. The quantitative estimate of drug-likeness (QED) is 0.105. The SMILES string of the molecule is O=C1CCC(N2C(=O)c3cccc(SCCCC(=O)Nc4cc5c(Nc6ccc(F)c(Cl)c6)ncnc5cc4OC4CCOC4)c3C2=O)C(=O)N1. The summed E-state index contributed by atoms with van der Waals surface area (Å²) in [6.45, 7) is 0.973. The van der Waals surface area contributed by atoms with Gasteiger partial charge in [-0.1, -0.05) is 17.7 Å². The van der Waals surface area contributed by atoms with Crippen LogP contribution in [0.3, 0.4) is 0 Å². The lowest BCUT2D eigenvalue weighted by Gasteiger charge is -2.27. The molecular weight excluding hydrogens is 703 g/mol. The number of hydrogen-bond acceptors (Lipinski definition) is 11. The Kier molecular flexibility index (Phi) is 9.84. The summed E-state index contributed by atoms with van der Waals surface area (Å²) in [7, 11) is 0. The number of halogens is 2. The topological polar surface area (TPSA) is 169 Å². The van der Waals surface area contributed by atoms with Crippen molar-refractivity contribution in [2.24, 2.45) is 0 Å². The highest BCUT2D eigenvalue weighted by atomic mass is 35.5. The summed E-state index contributed by atoms with van der Waals surface area (Å²) in [5.41, 5.74) is 1.87. The van der Waals surface area contributed by atoms with Crippen LogP contribution in [0.15, 0.2) is 59.8 Å². The molecule has 2 fully saturated rings. The molecule has 262 valence electrons. The molecule has 1 aromatic heterocycles. The highest BCUT2D eigenvalue weighted by Crippen LogP contribution is 2.37.